The van der Waals surface area contributed by atoms with Crippen molar-refractivity contribution in [1.82, 2.24) is 39.9 Å². The fourth-order valence-electron chi connectivity index (χ4n) is 9.23. The van der Waals surface area contributed by atoms with Gasteiger partial charge in [-0.05, 0) is 83.9 Å². The smallest absolute Gasteiger partial charge is 0.478 e. The summed E-state index contributed by atoms with van der Waals surface area (Å²) in [4.78, 5) is 47.0. The van der Waals surface area contributed by atoms with Crippen LogP contribution in [-0.2, 0) is 19.5 Å². The van der Waals surface area contributed by atoms with Gasteiger partial charge in [-0.2, -0.15) is 32.4 Å². The van der Waals surface area contributed by atoms with Crippen LogP contribution in [0, 0.1) is 22.7 Å². The minimum Gasteiger partial charge on any atom is -0.478 e. The zero-order chi connectivity index (χ0) is 63.6. The van der Waals surface area contributed by atoms with Crippen LogP contribution in [0.25, 0.3) is 68.3 Å². The van der Waals surface area contributed by atoms with Crippen molar-refractivity contribution >= 4 is 41.8 Å². The Kier molecular flexibility index (Phi) is 24.1. The molecule has 12 nitrogen and oxygen atoms in total. The van der Waals surface area contributed by atoms with Gasteiger partial charge in [0.15, 0.2) is 17.5 Å². The minimum absolute atomic E-state index is 0. The Balaban J connectivity index is 0.000000195. The van der Waals surface area contributed by atoms with Crippen molar-refractivity contribution in [2.45, 2.75) is 13.8 Å². The van der Waals surface area contributed by atoms with E-state index in [1.807, 2.05) is 115 Å². The molecule has 0 fully saturated rings. The number of pyridine rings is 5. The van der Waals surface area contributed by atoms with Crippen LogP contribution in [0.5, 0.6) is 0 Å². The number of benzene rings is 6. The van der Waals surface area contributed by atoms with Crippen molar-refractivity contribution < 1.29 is 54.6 Å². The molecular weight excluding hydrogens is 1260 g/mol. The normalized spacial score (nSPS) is 11.0. The molecule has 6 aromatic heterocycles. The molecule has 0 aliphatic rings. The minimum atomic E-state index is -10.7. The molecule has 0 saturated carbocycles. The van der Waals surface area contributed by atoms with E-state index in [1.165, 1.54) is 35.7 Å². The van der Waals surface area contributed by atoms with Crippen molar-refractivity contribution in [1.29, 1.82) is 10.5 Å². The summed E-state index contributed by atoms with van der Waals surface area (Å²) >= 11 is 0. The van der Waals surface area contributed by atoms with E-state index < -0.39 is 19.9 Å². The van der Waals surface area contributed by atoms with Gasteiger partial charge in [0, 0.05) is 44.2 Å². The van der Waals surface area contributed by atoms with E-state index in [2.05, 4.69) is 156 Å². The molecule has 0 aliphatic heterocycles. The van der Waals surface area contributed by atoms with Crippen molar-refractivity contribution in [2.24, 2.45) is 0 Å². The number of nitrogens with zero attached hydrogens (tertiary/aromatic N) is 10. The van der Waals surface area contributed by atoms with Gasteiger partial charge in [-0.25, -0.2) is 24.7 Å². The number of aromatic nitrogens is 8. The average molecular weight is 1310 g/mol. The maximum absolute atomic E-state index is 11.1. The third kappa shape index (κ3) is 20.7. The molecule has 0 saturated heterocycles. The molecule has 6 heterocycles. The zero-order valence-corrected chi connectivity index (χ0v) is 50.7. The number of hydrogen-bond acceptors (Lipinski definition) is 11. The number of carboxylic acids is 1. The van der Waals surface area contributed by atoms with Crippen molar-refractivity contribution in [3.63, 3.8) is 0 Å². The predicted octanol–water partition coefficient (Wildman–Crippen LogP) is 15.7. The number of carboxylic acid groups (broad SMARTS) is 1. The third-order valence-electron chi connectivity index (χ3n) is 12.8. The van der Waals surface area contributed by atoms with Crippen LogP contribution < -0.4 is 21.9 Å². The Hall–Kier alpha value is -10.8. The molecule has 21 heteroatoms. The first-order valence-electron chi connectivity index (χ1n) is 27.2. The monoisotopic (exact) mass is 1310 g/mol. The first kappa shape index (κ1) is 68.3. The van der Waals surface area contributed by atoms with Crippen LogP contribution in [0.4, 0.5) is 25.2 Å². The molecule has 90 heavy (non-hydrogen) atoms. The van der Waals surface area contributed by atoms with E-state index in [-0.39, 0.29) is 25.0 Å². The summed E-state index contributed by atoms with van der Waals surface area (Å²) in [6, 6.07) is 90.2. The summed E-state index contributed by atoms with van der Waals surface area (Å²) in [6.07, 6.45) is 5.69. The van der Waals surface area contributed by atoms with Crippen molar-refractivity contribution in [3.8, 4) is 80.5 Å². The van der Waals surface area contributed by atoms with E-state index >= 15 is 0 Å². The number of hydrogen-bond donors (Lipinski definition) is 1. The average Bonchev–Trinajstić information content (AvgIpc) is 0.770. The number of rotatable bonds is 11. The zero-order valence-electron chi connectivity index (χ0n) is 48.1. The van der Waals surface area contributed by atoms with Crippen LogP contribution in [-0.4, -0.2) is 57.1 Å². The Morgan fingerprint density at radius 1 is 0.367 bits per heavy atom. The van der Waals surface area contributed by atoms with E-state index in [0.717, 1.165) is 39.5 Å². The number of aromatic carboxylic acids is 1. The summed E-state index contributed by atoms with van der Waals surface area (Å²) in [7, 11) is -10.7. The van der Waals surface area contributed by atoms with E-state index in [1.54, 1.807) is 61.2 Å². The predicted molar refractivity (Wildman–Crippen MR) is 341 cm³/mol. The van der Waals surface area contributed by atoms with E-state index in [4.69, 9.17) is 20.6 Å². The van der Waals surface area contributed by atoms with E-state index in [9.17, 15) is 30.0 Å². The summed E-state index contributed by atoms with van der Waals surface area (Å²) in [5.41, 5.74) is 12.7. The Morgan fingerprint density at radius 2 is 0.644 bits per heavy atom. The molecule has 12 aromatic rings. The molecule has 6 aromatic carbocycles. The summed E-state index contributed by atoms with van der Waals surface area (Å²) in [5, 5.41) is 23.7. The topological polar surface area (TPSA) is 188 Å². The van der Waals surface area contributed by atoms with Gasteiger partial charge in [0.25, 0.3) is 0 Å². The molecule has 0 amide bonds. The van der Waals surface area contributed by atoms with Crippen LogP contribution in [0.1, 0.15) is 24.2 Å². The molecule has 0 aliphatic carbocycles. The Morgan fingerprint density at radius 3 is 0.933 bits per heavy atom. The number of carbonyl (C=O) groups is 1. The summed E-state index contributed by atoms with van der Waals surface area (Å²) in [5.74, 6) is 0.724. The van der Waals surface area contributed by atoms with Gasteiger partial charge in [-0.1, -0.05) is 188 Å². The number of nitriles is 2. The van der Waals surface area contributed by atoms with Crippen LogP contribution >= 0.6 is 7.81 Å². The van der Waals surface area contributed by atoms with Gasteiger partial charge in [0.05, 0.1) is 40.5 Å². The number of halogens is 6. The second kappa shape index (κ2) is 31.7. The fraction of sp³-hybridized carbons (Fsp3) is 0.0290. The van der Waals surface area contributed by atoms with Crippen molar-refractivity contribution in [2.75, 3.05) is 0 Å². The second-order valence-corrected chi connectivity index (χ2v) is 20.9. The van der Waals surface area contributed by atoms with Gasteiger partial charge in [-0.15, -0.1) is 0 Å². The van der Waals surface area contributed by atoms with Gasteiger partial charge in [-0.3, -0.25) is 19.9 Å². The van der Waals surface area contributed by atoms with Crippen LogP contribution in [0.3, 0.4) is 0 Å². The molecule has 12 rings (SSSR count). The SMILES string of the molecule is CC#N.CC#N.F[P-](F)(F)(F)(F)F.O=C(O)c1ccc(-c2cc(-c3ccccn3)nc(-c3ccccn3)c2)cc1.[Ru+2].c1ccc(-c2nc(-c3ccccn3)nc(-c3ccccn3)n2)cc1.c1ccc([B-](c2ccccc2)(c2ccccc2)c2ccccc2)cc1. The fourth-order valence-corrected chi connectivity index (χ4v) is 9.23. The van der Waals surface area contributed by atoms with Crippen LogP contribution in [0.15, 0.2) is 286 Å². The Labute approximate surface area is 529 Å². The van der Waals surface area contributed by atoms with Crippen LogP contribution in [0.2, 0.25) is 0 Å². The quantitative estimate of drug-likeness (QED) is 0.0734. The van der Waals surface area contributed by atoms with Gasteiger partial charge < -0.3 is 5.11 Å². The first-order chi connectivity index (χ1) is 42.8. The molecular formula is C69H54BF6N10O2PRu. The molecule has 0 unspecified atom stereocenters. The standard InChI is InChI=1S/C24H20B.C22H15N3O2.C19H13N5.2C2H3N.F6P.Ru/c1-5-13-21(14-6-1)25(22-15-7-2-8-16-22,23-17-9-3-10-18-23)24-19-11-4-12-20-24;26-22(27)16-9-7-15(8-10-16)17-13-20(18-5-1-3-11-23-18)25-21(14-17)19-6-2-4-12-24-19;1-2-8-14(9-3-1)17-22-18(15-10-4-6-12-20-15)24-19(23-17)16-11-5-7-13-21-16;2*1-2-3;1-7(2,3,4,5)6;/h1-20H;1-14H,(H,26,27);1-13H;2*1H3;;/q-1;;;;;-1;+2. The molecule has 450 valence electrons. The summed E-state index contributed by atoms with van der Waals surface area (Å²) in [6.45, 7) is 2.86. The largest absolute Gasteiger partial charge is 2.00 e. The van der Waals surface area contributed by atoms with Gasteiger partial charge in [0.2, 0.25) is 0 Å². The molecule has 0 atom stereocenters. The van der Waals surface area contributed by atoms with E-state index in [0.29, 0.717) is 28.9 Å². The first-order valence-corrected chi connectivity index (χ1v) is 29.2. The second-order valence-electron chi connectivity index (χ2n) is 19.0. The van der Waals surface area contributed by atoms with Gasteiger partial charge in [0.1, 0.15) is 17.5 Å². The third-order valence-corrected chi connectivity index (χ3v) is 12.8. The summed E-state index contributed by atoms with van der Waals surface area (Å²) < 4.78 is 59.2. The molecule has 0 spiro atoms. The maximum Gasteiger partial charge on any atom is 2.00 e. The maximum atomic E-state index is 11.1. The van der Waals surface area contributed by atoms with Gasteiger partial charge >= 0.3 is 58.4 Å². The molecule has 1 N–H and O–H groups in total. The molecule has 0 bridgehead atoms. The molecule has 0 radical (unpaired) electrons. The van der Waals surface area contributed by atoms with Crippen molar-refractivity contribution in [3.05, 3.63) is 291 Å². The Bertz CT molecular complexity index is 3860.